The number of hydrogen-bond acceptors (Lipinski definition) is 8. The minimum atomic E-state index is -1.02. The number of ether oxygens (including phenoxy) is 3. The van der Waals surface area contributed by atoms with Crippen molar-refractivity contribution in [3.63, 3.8) is 0 Å². The van der Waals surface area contributed by atoms with Gasteiger partial charge in [0.1, 0.15) is 4.87 Å². The number of carbonyl (C=O) groups excluding carboxylic acids is 2. The number of likely N-dealkylation sites (tertiary alicyclic amines) is 1. The summed E-state index contributed by atoms with van der Waals surface area (Å²) in [7, 11) is 5.10. The molecule has 30 heavy (non-hydrogen) atoms. The first-order chi connectivity index (χ1) is 14.3. The van der Waals surface area contributed by atoms with Crippen LogP contribution in [0.4, 0.5) is 0 Å². The van der Waals surface area contributed by atoms with Crippen molar-refractivity contribution in [2.45, 2.75) is 35.5 Å². The van der Waals surface area contributed by atoms with Gasteiger partial charge in [-0.05, 0) is 38.1 Å². The molecule has 4 rings (SSSR count). The van der Waals surface area contributed by atoms with Gasteiger partial charge >= 0.3 is 0 Å². The van der Waals surface area contributed by atoms with E-state index in [0.717, 1.165) is 11.8 Å². The van der Waals surface area contributed by atoms with Gasteiger partial charge in [-0.2, -0.15) is 5.26 Å². The predicted octanol–water partition coefficient (Wildman–Crippen LogP) is 2.15. The molecule has 9 heteroatoms. The Balaban J connectivity index is 1.84. The zero-order chi connectivity index (χ0) is 21.7. The maximum absolute atomic E-state index is 13.5. The van der Waals surface area contributed by atoms with Crippen LogP contribution in [0.2, 0.25) is 0 Å². The smallest absolute Gasteiger partial charge is 0.254 e. The molecule has 2 saturated heterocycles. The molecule has 2 fully saturated rings. The van der Waals surface area contributed by atoms with Crippen LogP contribution in [-0.2, 0) is 14.3 Å². The molecule has 160 valence electrons. The third-order valence-corrected chi connectivity index (χ3v) is 8.35. The summed E-state index contributed by atoms with van der Waals surface area (Å²) >= 11 is 1.31. The molecule has 3 aliphatic rings. The zero-order valence-corrected chi connectivity index (χ0v) is 18.3. The molecular formula is C21H25N3O5S. The molecule has 0 radical (unpaired) electrons. The predicted molar refractivity (Wildman–Crippen MR) is 110 cm³/mol. The molecule has 4 unspecified atom stereocenters. The van der Waals surface area contributed by atoms with Crippen molar-refractivity contribution in [2.24, 2.45) is 5.41 Å². The summed E-state index contributed by atoms with van der Waals surface area (Å²) in [5.41, 5.74) is -0.0112. The van der Waals surface area contributed by atoms with Crippen LogP contribution < -0.4 is 9.47 Å². The Hall–Kier alpha value is -2.28. The van der Waals surface area contributed by atoms with E-state index in [1.54, 1.807) is 21.1 Å². The summed E-state index contributed by atoms with van der Waals surface area (Å²) in [5.74, 6) is 1.12. The van der Waals surface area contributed by atoms with E-state index in [-0.39, 0.29) is 18.7 Å². The quantitative estimate of drug-likeness (QED) is 0.655. The number of benzene rings is 1. The van der Waals surface area contributed by atoms with E-state index in [4.69, 9.17) is 14.2 Å². The Bertz CT molecular complexity index is 936. The molecule has 0 aromatic heterocycles. The zero-order valence-electron chi connectivity index (χ0n) is 17.5. The van der Waals surface area contributed by atoms with E-state index in [0.29, 0.717) is 30.9 Å². The third-order valence-electron chi connectivity index (χ3n) is 6.62. The van der Waals surface area contributed by atoms with Crippen molar-refractivity contribution in [2.75, 3.05) is 34.6 Å². The molecule has 3 aliphatic heterocycles. The summed E-state index contributed by atoms with van der Waals surface area (Å²) in [4.78, 5) is 26.8. The van der Waals surface area contributed by atoms with Gasteiger partial charge in [-0.15, -0.1) is 0 Å². The van der Waals surface area contributed by atoms with Gasteiger partial charge in [0, 0.05) is 27.2 Å². The second-order valence-corrected chi connectivity index (χ2v) is 9.94. The molecule has 1 spiro atoms. The summed E-state index contributed by atoms with van der Waals surface area (Å²) in [6.07, 6.45) is 1.56. The van der Waals surface area contributed by atoms with Crippen molar-refractivity contribution in [1.82, 2.24) is 9.80 Å². The van der Waals surface area contributed by atoms with Crippen LogP contribution in [0.15, 0.2) is 18.2 Å². The fraction of sp³-hybridized carbons (Fsp3) is 0.571. The van der Waals surface area contributed by atoms with Crippen molar-refractivity contribution >= 4 is 24.0 Å². The number of aldehydes is 1. The van der Waals surface area contributed by atoms with Gasteiger partial charge in [0.25, 0.3) is 5.91 Å². The summed E-state index contributed by atoms with van der Waals surface area (Å²) in [6, 6.07) is 7.77. The maximum Gasteiger partial charge on any atom is 0.254 e. The Morgan fingerprint density at radius 2 is 2.10 bits per heavy atom. The van der Waals surface area contributed by atoms with E-state index in [2.05, 4.69) is 6.07 Å². The molecule has 4 atom stereocenters. The van der Waals surface area contributed by atoms with Gasteiger partial charge in [-0.1, -0.05) is 17.8 Å². The molecule has 0 saturated carbocycles. The highest BCUT2D eigenvalue weighted by Crippen LogP contribution is 2.64. The molecule has 0 bridgehead atoms. The number of nitriles is 1. The van der Waals surface area contributed by atoms with Crippen LogP contribution in [0.25, 0.3) is 0 Å². The SMILES string of the molecule is COCCC1(C#N)CC2(SC(C)(C=O)N(C)C2=O)N(C)C1c1ccc2c(c1)OCO2. The van der Waals surface area contributed by atoms with Crippen LogP contribution in [0.1, 0.15) is 31.4 Å². The first-order valence-electron chi connectivity index (χ1n) is 9.74. The number of thioether (sulfide) groups is 1. The second-order valence-electron chi connectivity index (χ2n) is 8.24. The van der Waals surface area contributed by atoms with E-state index in [1.165, 1.54) is 16.7 Å². The van der Waals surface area contributed by atoms with Crippen molar-refractivity contribution in [3.05, 3.63) is 23.8 Å². The van der Waals surface area contributed by atoms with Crippen molar-refractivity contribution in [1.29, 1.82) is 5.26 Å². The molecule has 1 aromatic carbocycles. The standard InChI is InChI=1S/C21H25N3O5S/c1-19(12-25)24(3)18(26)21(30-19)10-20(11-22,7-8-27-4)17(23(21)2)14-5-6-15-16(9-14)29-13-28-15/h5-6,9,12,17H,7-8,10,13H2,1-4H3. The maximum atomic E-state index is 13.5. The second kappa shape index (κ2) is 7.15. The fourth-order valence-corrected chi connectivity index (χ4v) is 6.63. The fourth-order valence-electron chi connectivity index (χ4n) is 4.88. The highest BCUT2D eigenvalue weighted by molar-refractivity contribution is 8.03. The first kappa shape index (κ1) is 21.0. The monoisotopic (exact) mass is 431 g/mol. The lowest BCUT2D eigenvalue weighted by molar-refractivity contribution is -0.138. The van der Waals surface area contributed by atoms with Crippen LogP contribution in [0, 0.1) is 16.7 Å². The number of hydrogen-bond donors (Lipinski definition) is 0. The van der Waals surface area contributed by atoms with Gasteiger partial charge in [0.15, 0.2) is 22.7 Å². The number of nitrogens with zero attached hydrogens (tertiary/aromatic N) is 3. The molecule has 0 aliphatic carbocycles. The Morgan fingerprint density at radius 3 is 2.73 bits per heavy atom. The van der Waals surface area contributed by atoms with Crippen LogP contribution in [-0.4, -0.2) is 66.3 Å². The molecule has 8 nitrogen and oxygen atoms in total. The normalized spacial score (nSPS) is 35.2. The van der Waals surface area contributed by atoms with Crippen LogP contribution in [0.5, 0.6) is 11.5 Å². The average molecular weight is 432 g/mol. The Kier molecular flexibility index (Phi) is 5.00. The largest absolute Gasteiger partial charge is 0.454 e. The van der Waals surface area contributed by atoms with Gasteiger partial charge < -0.3 is 19.1 Å². The van der Waals surface area contributed by atoms with Gasteiger partial charge in [-0.3, -0.25) is 14.5 Å². The average Bonchev–Trinajstić information content (AvgIpc) is 3.37. The number of amides is 1. The van der Waals surface area contributed by atoms with Crippen LogP contribution >= 0.6 is 11.8 Å². The minimum Gasteiger partial charge on any atom is -0.454 e. The lowest BCUT2D eigenvalue weighted by Crippen LogP contribution is -2.47. The van der Waals surface area contributed by atoms with E-state index < -0.39 is 15.2 Å². The van der Waals surface area contributed by atoms with Crippen molar-refractivity contribution < 1.29 is 23.8 Å². The Morgan fingerprint density at radius 1 is 1.37 bits per heavy atom. The van der Waals surface area contributed by atoms with Crippen LogP contribution in [0.3, 0.4) is 0 Å². The topological polar surface area (TPSA) is 92.1 Å². The molecule has 3 heterocycles. The summed E-state index contributed by atoms with van der Waals surface area (Å²) < 4.78 is 16.3. The molecule has 0 N–H and O–H groups in total. The van der Waals surface area contributed by atoms with Gasteiger partial charge in [-0.25, -0.2) is 0 Å². The molecule has 1 amide bonds. The summed E-state index contributed by atoms with van der Waals surface area (Å²) in [6.45, 7) is 2.29. The highest BCUT2D eigenvalue weighted by Gasteiger charge is 2.69. The van der Waals surface area contributed by atoms with E-state index in [1.807, 2.05) is 30.1 Å². The minimum absolute atomic E-state index is 0.160. The third kappa shape index (κ3) is 2.74. The number of rotatable bonds is 5. The number of fused-ring (bicyclic) bond motifs is 1. The van der Waals surface area contributed by atoms with Gasteiger partial charge in [0.2, 0.25) is 6.79 Å². The molecule has 1 aromatic rings. The van der Waals surface area contributed by atoms with E-state index in [9.17, 15) is 14.9 Å². The summed E-state index contributed by atoms with van der Waals surface area (Å²) in [5, 5.41) is 10.4. The molecular weight excluding hydrogens is 406 g/mol. The first-order valence-corrected chi connectivity index (χ1v) is 10.6. The number of carbonyl (C=O) groups is 2. The highest BCUT2D eigenvalue weighted by atomic mass is 32.2. The number of likely N-dealkylation sites (N-methyl/N-ethyl adjacent to an activating group) is 2. The van der Waals surface area contributed by atoms with Crippen molar-refractivity contribution in [3.8, 4) is 17.6 Å². The lowest BCUT2D eigenvalue weighted by Gasteiger charge is -2.34. The van der Waals surface area contributed by atoms with E-state index >= 15 is 0 Å². The Labute approximate surface area is 180 Å². The van der Waals surface area contributed by atoms with Gasteiger partial charge in [0.05, 0.1) is 17.5 Å². The number of methoxy groups -OCH3 is 1. The lowest BCUT2D eigenvalue weighted by atomic mass is 9.75.